The first kappa shape index (κ1) is 25.4. The van der Waals surface area contributed by atoms with E-state index < -0.39 is 17.3 Å². The highest BCUT2D eigenvalue weighted by atomic mass is 16.6. The fourth-order valence-corrected chi connectivity index (χ4v) is 5.82. The Balaban J connectivity index is 1.13. The topological polar surface area (TPSA) is 115 Å². The van der Waals surface area contributed by atoms with Crippen molar-refractivity contribution in [3.8, 4) is 0 Å². The van der Waals surface area contributed by atoms with E-state index in [4.69, 9.17) is 14.5 Å². The molecule has 3 fully saturated rings. The minimum absolute atomic E-state index is 0.305. The van der Waals surface area contributed by atoms with Gasteiger partial charge in [-0.15, -0.1) is 0 Å². The Labute approximate surface area is 227 Å². The largest absolute Gasteiger partial charge is 0.444 e. The summed E-state index contributed by atoms with van der Waals surface area (Å²) in [6.45, 7) is 6.75. The molecule has 5 heterocycles. The van der Waals surface area contributed by atoms with Gasteiger partial charge < -0.3 is 24.3 Å². The first-order valence-corrected chi connectivity index (χ1v) is 13.7. The van der Waals surface area contributed by atoms with Crippen molar-refractivity contribution >= 4 is 40.7 Å². The first-order valence-electron chi connectivity index (χ1n) is 13.7. The van der Waals surface area contributed by atoms with E-state index in [1.54, 1.807) is 22.1 Å². The molecular formula is C28H35N7O4. The van der Waals surface area contributed by atoms with Crippen LogP contribution < -0.4 is 10.2 Å². The Morgan fingerprint density at radius 3 is 2.67 bits per heavy atom. The Morgan fingerprint density at radius 1 is 1.10 bits per heavy atom. The maximum atomic E-state index is 12.9. The van der Waals surface area contributed by atoms with Crippen LogP contribution in [0.25, 0.3) is 11.0 Å². The standard InChI is InChI=1S/C28H35N7O4/c1-27(2,3)38-25(36)33-13-6-12-28(17-33)18-35(26(37)39-28)21-9-10-22(29-16-21)31-24-30-15-19-11-14-34(23(19)32-24)20-7-4-5-8-20/h9-11,14-16,20H,4-8,12-13,17-18H2,1-3H3,(H,29,30,31,32). The van der Waals surface area contributed by atoms with Gasteiger partial charge in [0.2, 0.25) is 5.95 Å². The van der Waals surface area contributed by atoms with Crippen LogP contribution in [0.5, 0.6) is 0 Å². The van der Waals surface area contributed by atoms with Gasteiger partial charge >= 0.3 is 12.2 Å². The number of anilines is 3. The van der Waals surface area contributed by atoms with Crippen molar-refractivity contribution in [2.45, 2.75) is 76.5 Å². The van der Waals surface area contributed by atoms with Crippen LogP contribution in [0.3, 0.4) is 0 Å². The molecule has 1 N–H and O–H groups in total. The Kier molecular flexibility index (Phi) is 6.31. The van der Waals surface area contributed by atoms with Crippen LogP contribution >= 0.6 is 0 Å². The molecule has 0 radical (unpaired) electrons. The van der Waals surface area contributed by atoms with Gasteiger partial charge in [0.1, 0.15) is 22.7 Å². The molecule has 6 rings (SSSR count). The molecule has 3 aliphatic rings. The number of carbonyl (C=O) groups excluding carboxylic acids is 2. The second-order valence-corrected chi connectivity index (χ2v) is 11.8. The molecule has 1 unspecified atom stereocenters. The van der Waals surface area contributed by atoms with Crippen molar-refractivity contribution in [1.82, 2.24) is 24.4 Å². The molecule has 206 valence electrons. The molecule has 2 amide bonds. The minimum Gasteiger partial charge on any atom is -0.444 e. The van der Waals surface area contributed by atoms with E-state index in [2.05, 4.69) is 32.1 Å². The number of rotatable bonds is 4. The van der Waals surface area contributed by atoms with E-state index in [1.807, 2.05) is 33.0 Å². The van der Waals surface area contributed by atoms with Crippen LogP contribution in [0, 0.1) is 0 Å². The molecule has 3 aromatic heterocycles. The lowest BCUT2D eigenvalue weighted by molar-refractivity contribution is -0.0275. The highest BCUT2D eigenvalue weighted by Crippen LogP contribution is 2.36. The summed E-state index contributed by atoms with van der Waals surface area (Å²) in [5.74, 6) is 1.05. The summed E-state index contributed by atoms with van der Waals surface area (Å²) in [7, 11) is 0. The van der Waals surface area contributed by atoms with Gasteiger partial charge in [-0.3, -0.25) is 4.90 Å². The molecule has 11 heteroatoms. The Morgan fingerprint density at radius 2 is 1.92 bits per heavy atom. The number of hydrogen-bond acceptors (Lipinski definition) is 8. The number of carbonyl (C=O) groups is 2. The number of nitrogens with one attached hydrogen (secondary N) is 1. The summed E-state index contributed by atoms with van der Waals surface area (Å²) in [6, 6.07) is 6.17. The lowest BCUT2D eigenvalue weighted by Gasteiger charge is -2.38. The molecule has 39 heavy (non-hydrogen) atoms. The number of ether oxygens (including phenoxy) is 2. The number of likely N-dealkylation sites (tertiary alicyclic amines) is 1. The van der Waals surface area contributed by atoms with E-state index in [0.717, 1.165) is 17.5 Å². The molecule has 1 saturated carbocycles. The smallest absolute Gasteiger partial charge is 0.415 e. The van der Waals surface area contributed by atoms with E-state index in [1.165, 1.54) is 25.7 Å². The van der Waals surface area contributed by atoms with Gasteiger partial charge in [-0.05, 0) is 64.7 Å². The van der Waals surface area contributed by atoms with Crippen molar-refractivity contribution in [3.63, 3.8) is 0 Å². The zero-order valence-electron chi connectivity index (χ0n) is 22.7. The van der Waals surface area contributed by atoms with Crippen molar-refractivity contribution in [2.24, 2.45) is 0 Å². The van der Waals surface area contributed by atoms with Crippen LogP contribution in [0.2, 0.25) is 0 Å². The van der Waals surface area contributed by atoms with Gasteiger partial charge in [0.15, 0.2) is 0 Å². The van der Waals surface area contributed by atoms with Crippen LogP contribution in [0.15, 0.2) is 36.8 Å². The molecule has 0 bridgehead atoms. The van der Waals surface area contributed by atoms with Gasteiger partial charge in [-0.25, -0.2) is 19.6 Å². The zero-order chi connectivity index (χ0) is 27.2. The van der Waals surface area contributed by atoms with Gasteiger partial charge in [-0.1, -0.05) is 12.8 Å². The lowest BCUT2D eigenvalue weighted by Crippen LogP contribution is -2.53. The molecule has 2 saturated heterocycles. The van der Waals surface area contributed by atoms with Crippen molar-refractivity contribution in [2.75, 3.05) is 29.9 Å². The van der Waals surface area contributed by atoms with Crippen LogP contribution in [0.1, 0.15) is 65.3 Å². The van der Waals surface area contributed by atoms with Crippen molar-refractivity contribution in [1.29, 1.82) is 0 Å². The number of fused-ring (bicyclic) bond motifs is 1. The highest BCUT2D eigenvalue weighted by Gasteiger charge is 2.49. The number of hydrogen-bond donors (Lipinski definition) is 1. The molecule has 1 spiro atoms. The minimum atomic E-state index is -0.763. The first-order chi connectivity index (χ1) is 18.7. The second-order valence-electron chi connectivity index (χ2n) is 11.8. The molecule has 11 nitrogen and oxygen atoms in total. The third-order valence-electron chi connectivity index (χ3n) is 7.63. The van der Waals surface area contributed by atoms with Crippen LogP contribution in [-0.4, -0.2) is 67.4 Å². The summed E-state index contributed by atoms with van der Waals surface area (Å²) in [5.41, 5.74) is 0.205. The van der Waals surface area contributed by atoms with E-state index in [0.29, 0.717) is 49.6 Å². The fourth-order valence-electron chi connectivity index (χ4n) is 5.82. The lowest BCUT2D eigenvalue weighted by atomic mass is 9.93. The number of aromatic nitrogens is 4. The third kappa shape index (κ3) is 5.22. The maximum absolute atomic E-state index is 12.9. The number of amides is 2. The van der Waals surface area contributed by atoms with Gasteiger partial charge in [0.05, 0.1) is 25.0 Å². The number of piperidine rings is 1. The third-order valence-corrected chi connectivity index (χ3v) is 7.63. The molecule has 1 aliphatic carbocycles. The average molecular weight is 534 g/mol. The van der Waals surface area contributed by atoms with Crippen LogP contribution in [0.4, 0.5) is 27.0 Å². The van der Waals surface area contributed by atoms with Gasteiger partial charge in [-0.2, -0.15) is 4.98 Å². The summed E-state index contributed by atoms with van der Waals surface area (Å²) in [6.07, 6.45) is 11.0. The monoisotopic (exact) mass is 533 g/mol. The molecule has 2 aliphatic heterocycles. The van der Waals surface area contributed by atoms with Crippen molar-refractivity contribution < 1.29 is 19.1 Å². The molecule has 0 aromatic carbocycles. The quantitative estimate of drug-likeness (QED) is 0.473. The fraction of sp³-hybridized carbons (Fsp3) is 0.536. The predicted molar refractivity (Wildman–Crippen MR) is 146 cm³/mol. The summed E-state index contributed by atoms with van der Waals surface area (Å²) in [5, 5.41) is 4.21. The average Bonchev–Trinajstić information content (AvgIpc) is 3.63. The second kappa shape index (κ2) is 9.69. The summed E-state index contributed by atoms with van der Waals surface area (Å²) >= 11 is 0. The highest BCUT2D eigenvalue weighted by molar-refractivity contribution is 5.90. The summed E-state index contributed by atoms with van der Waals surface area (Å²) < 4.78 is 13.6. The number of pyridine rings is 1. The zero-order valence-corrected chi connectivity index (χ0v) is 22.7. The predicted octanol–water partition coefficient (Wildman–Crippen LogP) is 5.41. The Hall–Kier alpha value is -3.89. The normalized spacial score (nSPS) is 22.1. The van der Waals surface area contributed by atoms with Crippen LogP contribution in [-0.2, 0) is 9.47 Å². The maximum Gasteiger partial charge on any atom is 0.415 e. The van der Waals surface area contributed by atoms with E-state index in [-0.39, 0.29) is 6.09 Å². The summed E-state index contributed by atoms with van der Waals surface area (Å²) in [4.78, 5) is 42.4. The number of nitrogens with zero attached hydrogens (tertiary/aromatic N) is 6. The Bertz CT molecular complexity index is 1380. The molecular weight excluding hydrogens is 498 g/mol. The molecule has 3 aromatic rings. The van der Waals surface area contributed by atoms with Gasteiger partial charge in [0.25, 0.3) is 0 Å². The van der Waals surface area contributed by atoms with Crippen molar-refractivity contribution in [3.05, 3.63) is 36.8 Å². The van der Waals surface area contributed by atoms with E-state index >= 15 is 0 Å². The SMILES string of the molecule is CC(C)(C)OC(=O)N1CCCC2(C1)CN(c1ccc(Nc3ncc4ccn(C5CCCC5)c4n3)nc1)C(=O)O2. The van der Waals surface area contributed by atoms with Gasteiger partial charge in [0, 0.05) is 30.4 Å². The molecule has 1 atom stereocenters. The van der Waals surface area contributed by atoms with E-state index in [9.17, 15) is 9.59 Å².